The van der Waals surface area contributed by atoms with Crippen molar-refractivity contribution in [2.75, 3.05) is 0 Å². The van der Waals surface area contributed by atoms with Gasteiger partial charge in [-0.05, 0) is 48.4 Å². The maximum atomic E-state index is 8.64. The number of para-hydroxylation sites is 1. The number of aryl methyl sites for hydroxylation is 2. The zero-order chi connectivity index (χ0) is 39.1. The summed E-state index contributed by atoms with van der Waals surface area (Å²) < 4.78 is 85.2. The summed E-state index contributed by atoms with van der Waals surface area (Å²) in [6.07, 6.45) is -2.30. The summed E-state index contributed by atoms with van der Waals surface area (Å²) in [4.78, 5) is 4.14. The predicted octanol–water partition coefficient (Wildman–Crippen LogP) is 10.8. The Morgan fingerprint density at radius 1 is 0.800 bits per heavy atom. The van der Waals surface area contributed by atoms with E-state index in [-0.39, 0.29) is 36.8 Å². The molecular formula is C42H36IrNO. The summed E-state index contributed by atoms with van der Waals surface area (Å²) in [5.74, 6) is -0.444. The van der Waals surface area contributed by atoms with E-state index in [0.29, 0.717) is 22.4 Å². The predicted molar refractivity (Wildman–Crippen MR) is 183 cm³/mol. The van der Waals surface area contributed by atoms with Gasteiger partial charge in [0.05, 0.1) is 0 Å². The molecule has 7 aromatic rings. The first-order valence-corrected chi connectivity index (χ1v) is 14.3. The number of pyridine rings is 1. The summed E-state index contributed by atoms with van der Waals surface area (Å²) in [6, 6.07) is 41.5. The van der Waals surface area contributed by atoms with Crippen molar-refractivity contribution in [3.63, 3.8) is 0 Å². The minimum Gasteiger partial charge on any atom is -0.510 e. The molecule has 0 bridgehead atoms. The third-order valence-electron chi connectivity index (χ3n) is 6.91. The van der Waals surface area contributed by atoms with Gasteiger partial charge in [0.15, 0.2) is 0 Å². The van der Waals surface area contributed by atoms with Gasteiger partial charge >= 0.3 is 20.1 Å². The second kappa shape index (κ2) is 14.7. The zero-order valence-corrected chi connectivity index (χ0v) is 27.1. The first-order chi connectivity index (χ1) is 25.4. The second-order valence-electron chi connectivity index (χ2n) is 10.6. The van der Waals surface area contributed by atoms with Crippen molar-refractivity contribution in [2.24, 2.45) is 5.92 Å². The smallest absolute Gasteiger partial charge is 0.510 e. The van der Waals surface area contributed by atoms with Gasteiger partial charge in [0.25, 0.3) is 0 Å². The van der Waals surface area contributed by atoms with Crippen LogP contribution in [0, 0.1) is 37.8 Å². The molecule has 0 spiro atoms. The van der Waals surface area contributed by atoms with E-state index in [0.717, 1.165) is 33.1 Å². The number of benzene rings is 5. The van der Waals surface area contributed by atoms with Crippen LogP contribution in [0.3, 0.4) is 0 Å². The minimum absolute atomic E-state index is 0. The molecule has 0 aliphatic rings. The van der Waals surface area contributed by atoms with Crippen molar-refractivity contribution in [3.05, 3.63) is 161 Å². The van der Waals surface area contributed by atoms with E-state index < -0.39 is 32.4 Å². The van der Waals surface area contributed by atoms with E-state index >= 15 is 0 Å². The van der Waals surface area contributed by atoms with Crippen LogP contribution in [-0.4, -0.2) is 4.98 Å². The van der Waals surface area contributed by atoms with E-state index in [1.54, 1.807) is 26.0 Å². The van der Waals surface area contributed by atoms with Crippen LogP contribution >= 0.6 is 0 Å². The first kappa shape index (κ1) is 21.4. The number of nitrogens with zero attached hydrogens (tertiary/aromatic N) is 1. The molecule has 0 saturated heterocycles. The van der Waals surface area contributed by atoms with Crippen LogP contribution in [0.15, 0.2) is 120 Å². The van der Waals surface area contributed by atoms with Crippen molar-refractivity contribution in [1.82, 2.24) is 4.98 Å². The number of hydrogen-bond donors (Lipinski definition) is 0. The van der Waals surface area contributed by atoms with Gasteiger partial charge in [-0.25, -0.2) is 5.56 Å². The van der Waals surface area contributed by atoms with Gasteiger partial charge in [-0.15, -0.1) is 53.1 Å². The molecule has 45 heavy (non-hydrogen) atoms. The normalized spacial score (nSPS) is 15.4. The van der Waals surface area contributed by atoms with E-state index in [1.807, 2.05) is 72.8 Å². The van der Waals surface area contributed by atoms with E-state index in [2.05, 4.69) is 23.2 Å². The standard InChI is InChI=1S/C25H16O.C17H20N.Ir/c1-2-8-18(9-3-1)16-19-10-6-11-20(17-19)21-13-7-14-23-22-12-4-5-15-24(22)26-25(21)23;1-12(2)9-16-10-17(18-11-14(16)4)15-7-5-13(3)6-8-15;/h1-10,12,14-15,17H,16H2;5-7,10-12H,9H2,1-4H3;/q-2;-1;+3/i16D2;3D3,4D3,9D2;. The van der Waals surface area contributed by atoms with Gasteiger partial charge in [-0.3, -0.25) is 0 Å². The van der Waals surface area contributed by atoms with Crippen molar-refractivity contribution < 1.29 is 38.2 Å². The van der Waals surface area contributed by atoms with Crippen LogP contribution in [0.5, 0.6) is 0 Å². The summed E-state index contributed by atoms with van der Waals surface area (Å²) in [5.41, 5.74) is 5.22. The molecule has 3 heteroatoms. The first-order valence-electron chi connectivity index (χ1n) is 19.3. The molecule has 2 nitrogen and oxygen atoms in total. The monoisotopic (exact) mass is 773 g/mol. The Labute approximate surface area is 294 Å². The van der Waals surface area contributed by atoms with Crippen LogP contribution in [0.2, 0.25) is 0 Å². The van der Waals surface area contributed by atoms with Crippen molar-refractivity contribution in [3.8, 4) is 22.4 Å². The number of fused-ring (bicyclic) bond motifs is 3. The van der Waals surface area contributed by atoms with Crippen LogP contribution in [0.1, 0.15) is 55.4 Å². The number of furan rings is 1. The molecule has 0 radical (unpaired) electrons. The molecule has 5 aromatic carbocycles. The topological polar surface area (TPSA) is 26.0 Å². The average molecular weight is 773 g/mol. The Kier molecular flexibility index (Phi) is 6.98. The van der Waals surface area contributed by atoms with Crippen LogP contribution in [0.4, 0.5) is 0 Å². The molecule has 2 aromatic heterocycles. The molecule has 0 saturated carbocycles. The van der Waals surface area contributed by atoms with Crippen molar-refractivity contribution >= 4 is 21.9 Å². The van der Waals surface area contributed by atoms with Gasteiger partial charge < -0.3 is 9.40 Å². The summed E-state index contributed by atoms with van der Waals surface area (Å²) in [5, 5.41) is 2.08. The Bertz CT molecular complexity index is 2400. The van der Waals surface area contributed by atoms with E-state index in [1.165, 1.54) is 30.5 Å². The Morgan fingerprint density at radius 3 is 2.40 bits per heavy atom. The summed E-state index contributed by atoms with van der Waals surface area (Å²) >= 11 is 0. The Hall–Kier alpha value is -4.30. The fraction of sp³-hybridized carbons (Fsp3) is 0.167. The molecule has 0 fully saturated rings. The number of aromatic nitrogens is 1. The van der Waals surface area contributed by atoms with Crippen LogP contribution < -0.4 is 0 Å². The van der Waals surface area contributed by atoms with Crippen LogP contribution in [-0.2, 0) is 32.9 Å². The minimum atomic E-state index is -2.49. The van der Waals surface area contributed by atoms with Crippen molar-refractivity contribution in [1.29, 1.82) is 0 Å². The number of hydrogen-bond acceptors (Lipinski definition) is 2. The molecule has 0 amide bonds. The second-order valence-corrected chi connectivity index (χ2v) is 10.6. The molecule has 0 aliphatic carbocycles. The third-order valence-corrected chi connectivity index (χ3v) is 6.91. The number of rotatable bonds is 6. The summed E-state index contributed by atoms with van der Waals surface area (Å²) in [6.45, 7) is -1.37. The van der Waals surface area contributed by atoms with Gasteiger partial charge in [0.1, 0.15) is 5.58 Å². The van der Waals surface area contributed by atoms with Gasteiger partial charge in [0.2, 0.25) is 0 Å². The third kappa shape index (κ3) is 7.68. The molecule has 0 aliphatic heterocycles. The zero-order valence-electron chi connectivity index (χ0n) is 34.7. The molecule has 7 rings (SSSR count). The Morgan fingerprint density at radius 2 is 1.62 bits per heavy atom. The van der Waals surface area contributed by atoms with Crippen LogP contribution in [0.25, 0.3) is 44.3 Å². The SMILES string of the molecule is [2H]C([2H])([2H])c1c[c-]c(-c2cc(C([2H])([2H])C(C)C)c(C([2H])([2H])[2H])cn2)cc1.[2H]C([2H])(c1ccccc1)c1cc[c-]c(-c2[c-]ccc3c2oc2ccccc23)c1.[Ir+3]. The Balaban J connectivity index is 0.000000208. The summed E-state index contributed by atoms with van der Waals surface area (Å²) in [7, 11) is 0. The van der Waals surface area contributed by atoms with Gasteiger partial charge in [-0.2, -0.15) is 35.9 Å². The fourth-order valence-corrected chi connectivity index (χ4v) is 4.88. The fourth-order valence-electron chi connectivity index (χ4n) is 4.88. The molecule has 0 unspecified atom stereocenters. The average Bonchev–Trinajstić information content (AvgIpc) is 3.53. The van der Waals surface area contributed by atoms with Crippen molar-refractivity contribution in [2.45, 2.75) is 40.3 Å². The van der Waals surface area contributed by atoms with E-state index in [9.17, 15) is 0 Å². The molecule has 0 atom stereocenters. The molecule has 2 heterocycles. The molecule has 224 valence electrons. The largest absolute Gasteiger partial charge is 3.00 e. The maximum Gasteiger partial charge on any atom is 3.00 e. The quantitative estimate of drug-likeness (QED) is 0.157. The molecule has 0 N–H and O–H groups in total. The maximum absolute atomic E-state index is 8.64. The van der Waals surface area contributed by atoms with E-state index in [4.69, 9.17) is 18.1 Å². The molecular weight excluding hydrogens is 727 g/mol. The van der Waals surface area contributed by atoms with Gasteiger partial charge in [-0.1, -0.05) is 86.2 Å². The van der Waals surface area contributed by atoms with Gasteiger partial charge in [0, 0.05) is 30.9 Å².